The van der Waals surface area contributed by atoms with Crippen LogP contribution >= 0.6 is 0 Å². The fraction of sp³-hybridized carbons (Fsp3) is 0.310. The van der Waals surface area contributed by atoms with Crippen molar-refractivity contribution in [1.29, 1.82) is 0 Å². The van der Waals surface area contributed by atoms with Crippen molar-refractivity contribution in [1.82, 2.24) is 10.2 Å². The van der Waals surface area contributed by atoms with E-state index < -0.39 is 28.5 Å². The molecule has 0 saturated carbocycles. The maximum Gasteiger partial charge on any atom is 0.244 e. The van der Waals surface area contributed by atoms with E-state index in [4.69, 9.17) is 4.74 Å². The lowest BCUT2D eigenvalue weighted by Crippen LogP contribution is -2.53. The first-order chi connectivity index (χ1) is 18.1. The quantitative estimate of drug-likeness (QED) is 0.381. The Morgan fingerprint density at radius 3 is 2.11 bits per heavy atom. The van der Waals surface area contributed by atoms with Crippen molar-refractivity contribution < 1.29 is 22.7 Å². The Morgan fingerprint density at radius 1 is 0.947 bits per heavy atom. The molecule has 1 atom stereocenters. The van der Waals surface area contributed by atoms with Crippen LogP contribution in [0.2, 0.25) is 0 Å². The van der Waals surface area contributed by atoms with Crippen molar-refractivity contribution in [3.05, 3.63) is 95.6 Å². The molecule has 0 spiro atoms. The molecule has 0 aliphatic carbocycles. The number of anilines is 1. The van der Waals surface area contributed by atoms with Gasteiger partial charge in [-0.05, 0) is 42.7 Å². The first-order valence-corrected chi connectivity index (χ1v) is 14.3. The highest BCUT2D eigenvalue weighted by molar-refractivity contribution is 7.92. The number of rotatable bonds is 12. The van der Waals surface area contributed by atoms with Crippen LogP contribution in [0.15, 0.2) is 78.9 Å². The number of nitrogens with zero attached hydrogens (tertiary/aromatic N) is 2. The zero-order valence-corrected chi connectivity index (χ0v) is 23.1. The van der Waals surface area contributed by atoms with Gasteiger partial charge in [0.25, 0.3) is 0 Å². The van der Waals surface area contributed by atoms with E-state index in [9.17, 15) is 18.0 Å². The van der Waals surface area contributed by atoms with Gasteiger partial charge in [-0.3, -0.25) is 13.9 Å². The van der Waals surface area contributed by atoms with Gasteiger partial charge in [-0.15, -0.1) is 0 Å². The Labute approximate surface area is 225 Å². The summed E-state index contributed by atoms with van der Waals surface area (Å²) in [5.41, 5.74) is 2.78. The summed E-state index contributed by atoms with van der Waals surface area (Å²) >= 11 is 0. The van der Waals surface area contributed by atoms with E-state index in [1.165, 1.54) is 12.0 Å². The molecule has 0 radical (unpaired) electrons. The van der Waals surface area contributed by atoms with Gasteiger partial charge in [0.15, 0.2) is 0 Å². The van der Waals surface area contributed by atoms with Gasteiger partial charge in [0.2, 0.25) is 21.8 Å². The lowest BCUT2D eigenvalue weighted by Gasteiger charge is -2.33. The van der Waals surface area contributed by atoms with Crippen LogP contribution in [-0.4, -0.2) is 57.6 Å². The molecule has 0 unspecified atom stereocenters. The van der Waals surface area contributed by atoms with E-state index in [0.717, 1.165) is 27.3 Å². The van der Waals surface area contributed by atoms with Gasteiger partial charge in [0.1, 0.15) is 18.3 Å². The number of carbonyl (C=O) groups is 2. The van der Waals surface area contributed by atoms with Crippen LogP contribution in [0.5, 0.6) is 5.75 Å². The van der Waals surface area contributed by atoms with E-state index in [0.29, 0.717) is 12.3 Å². The maximum absolute atomic E-state index is 14.0. The SMILES string of the molecule is CCNC(=O)[C@H](Cc1ccccc1)N(Cc1ccccc1)C(=O)CN(c1cc(C)ccc1OC)S(C)(=O)=O. The van der Waals surface area contributed by atoms with Crippen LogP contribution in [0, 0.1) is 6.92 Å². The highest BCUT2D eigenvalue weighted by Crippen LogP contribution is 2.31. The van der Waals surface area contributed by atoms with Gasteiger partial charge in [0.05, 0.1) is 19.1 Å². The highest BCUT2D eigenvalue weighted by atomic mass is 32.2. The predicted molar refractivity (Wildman–Crippen MR) is 150 cm³/mol. The number of sulfonamides is 1. The summed E-state index contributed by atoms with van der Waals surface area (Å²) in [7, 11) is -2.43. The lowest BCUT2D eigenvalue weighted by molar-refractivity contribution is -0.140. The summed E-state index contributed by atoms with van der Waals surface area (Å²) in [5, 5.41) is 2.84. The predicted octanol–water partition coefficient (Wildman–Crippen LogP) is 3.55. The molecule has 0 saturated heterocycles. The van der Waals surface area contributed by atoms with E-state index >= 15 is 0 Å². The summed E-state index contributed by atoms with van der Waals surface area (Å²) in [6, 6.07) is 23.1. The van der Waals surface area contributed by atoms with Crippen LogP contribution in [0.4, 0.5) is 5.69 Å². The second-order valence-corrected chi connectivity index (χ2v) is 11.0. The molecule has 1 N–H and O–H groups in total. The smallest absolute Gasteiger partial charge is 0.244 e. The Bertz CT molecular complexity index is 1330. The molecule has 3 aromatic carbocycles. The van der Waals surface area contributed by atoms with Gasteiger partial charge >= 0.3 is 0 Å². The molecule has 3 rings (SSSR count). The van der Waals surface area contributed by atoms with Crippen molar-refractivity contribution in [2.75, 3.05) is 30.8 Å². The van der Waals surface area contributed by atoms with Gasteiger partial charge in [-0.2, -0.15) is 0 Å². The van der Waals surface area contributed by atoms with Crippen LogP contribution in [-0.2, 0) is 32.6 Å². The molecule has 0 fully saturated rings. The van der Waals surface area contributed by atoms with Crippen LogP contribution < -0.4 is 14.4 Å². The summed E-state index contributed by atoms with van der Waals surface area (Å²) in [5.74, 6) is -0.484. The number of likely N-dealkylation sites (N-methyl/N-ethyl adjacent to an activating group) is 1. The Balaban J connectivity index is 2.06. The number of benzene rings is 3. The van der Waals surface area contributed by atoms with Crippen molar-refractivity contribution in [2.24, 2.45) is 0 Å². The molecule has 0 heterocycles. The fourth-order valence-corrected chi connectivity index (χ4v) is 5.06. The number of aryl methyl sites for hydroxylation is 1. The lowest BCUT2D eigenvalue weighted by atomic mass is 10.0. The van der Waals surface area contributed by atoms with Crippen LogP contribution in [0.3, 0.4) is 0 Å². The normalized spacial score (nSPS) is 11.9. The molecule has 2 amide bonds. The molecule has 0 bridgehead atoms. The largest absolute Gasteiger partial charge is 0.495 e. The zero-order chi connectivity index (χ0) is 27.7. The highest BCUT2D eigenvalue weighted by Gasteiger charge is 2.33. The molecule has 9 heteroatoms. The van der Waals surface area contributed by atoms with E-state index in [1.54, 1.807) is 18.2 Å². The van der Waals surface area contributed by atoms with Crippen LogP contribution in [0.25, 0.3) is 0 Å². The minimum atomic E-state index is -3.88. The van der Waals surface area contributed by atoms with Gasteiger partial charge in [-0.25, -0.2) is 8.42 Å². The van der Waals surface area contributed by atoms with Gasteiger partial charge in [-0.1, -0.05) is 66.7 Å². The standard InChI is InChI=1S/C29H35N3O5S/c1-5-30-29(34)26(19-23-12-8-6-9-13-23)31(20-24-14-10-7-11-15-24)28(33)21-32(38(4,35)36)25-18-22(2)16-17-27(25)37-3/h6-18,26H,5,19-21H2,1-4H3,(H,30,34)/t26-/m0/s1. The Hall–Kier alpha value is -3.85. The van der Waals surface area contributed by atoms with Crippen molar-refractivity contribution in [3.8, 4) is 5.75 Å². The molecule has 202 valence electrons. The number of methoxy groups -OCH3 is 1. The number of amides is 2. The summed E-state index contributed by atoms with van der Waals surface area (Å²) < 4.78 is 32.3. The molecule has 0 aromatic heterocycles. The first-order valence-electron chi connectivity index (χ1n) is 12.4. The van der Waals surface area contributed by atoms with Gasteiger partial charge in [0, 0.05) is 19.5 Å². The number of nitrogens with one attached hydrogen (secondary N) is 1. The average Bonchev–Trinajstić information content (AvgIpc) is 2.89. The first kappa shape index (κ1) is 28.7. The zero-order valence-electron chi connectivity index (χ0n) is 22.3. The second-order valence-electron chi connectivity index (χ2n) is 9.05. The number of carbonyl (C=O) groups excluding carboxylic acids is 2. The minimum absolute atomic E-state index is 0.136. The molecule has 0 aliphatic rings. The molecular weight excluding hydrogens is 502 g/mol. The summed E-state index contributed by atoms with van der Waals surface area (Å²) in [4.78, 5) is 28.8. The third-order valence-corrected chi connectivity index (χ3v) is 7.23. The maximum atomic E-state index is 14.0. The Morgan fingerprint density at radius 2 is 1.55 bits per heavy atom. The summed E-state index contributed by atoms with van der Waals surface area (Å²) in [6.07, 6.45) is 1.33. The van der Waals surface area contributed by atoms with Crippen molar-refractivity contribution in [2.45, 2.75) is 32.9 Å². The van der Waals surface area contributed by atoms with E-state index in [-0.39, 0.29) is 24.6 Å². The third-order valence-electron chi connectivity index (χ3n) is 6.10. The van der Waals surface area contributed by atoms with Crippen LogP contribution in [0.1, 0.15) is 23.6 Å². The van der Waals surface area contributed by atoms with Crippen molar-refractivity contribution in [3.63, 3.8) is 0 Å². The number of ether oxygens (including phenoxy) is 1. The van der Waals surface area contributed by atoms with Gasteiger partial charge < -0.3 is 15.0 Å². The number of hydrogen-bond acceptors (Lipinski definition) is 5. The molecule has 0 aliphatic heterocycles. The summed E-state index contributed by atoms with van der Waals surface area (Å²) in [6.45, 7) is 3.69. The molecule has 3 aromatic rings. The molecule has 38 heavy (non-hydrogen) atoms. The molecular formula is C29H35N3O5S. The number of hydrogen-bond donors (Lipinski definition) is 1. The van der Waals surface area contributed by atoms with E-state index in [1.807, 2.05) is 74.5 Å². The van der Waals surface area contributed by atoms with E-state index in [2.05, 4.69) is 5.32 Å². The average molecular weight is 538 g/mol. The monoisotopic (exact) mass is 537 g/mol. The fourth-order valence-electron chi connectivity index (χ4n) is 4.22. The minimum Gasteiger partial charge on any atom is -0.495 e. The van der Waals surface area contributed by atoms with Crippen molar-refractivity contribution >= 4 is 27.5 Å². The second kappa shape index (κ2) is 13.1. The molecule has 8 nitrogen and oxygen atoms in total. The third kappa shape index (κ3) is 7.58. The topological polar surface area (TPSA) is 96.0 Å². The Kier molecular flexibility index (Phi) is 9.90.